The molecule has 0 saturated heterocycles. The lowest BCUT2D eigenvalue weighted by molar-refractivity contribution is -0.384. The largest absolute Gasteiger partial charge is 0.493 e. The average Bonchev–Trinajstić information content (AvgIpc) is 3.09. The maximum Gasteiger partial charge on any atom is 0.336 e. The van der Waals surface area contributed by atoms with Crippen LogP contribution in [-0.4, -0.2) is 89.3 Å². The Hall–Kier alpha value is -5.11. The summed E-state index contributed by atoms with van der Waals surface area (Å²) in [6.07, 6.45) is -0.843. The summed E-state index contributed by atoms with van der Waals surface area (Å²) < 4.78 is 16.6. The van der Waals surface area contributed by atoms with E-state index in [0.717, 1.165) is 5.56 Å². The molecule has 0 aromatic heterocycles. The second-order valence-corrected chi connectivity index (χ2v) is 13.0. The molecule has 3 unspecified atom stereocenters. The number of para-hydroxylation sites is 2. The molecule has 13 nitrogen and oxygen atoms in total. The van der Waals surface area contributed by atoms with Gasteiger partial charge in [0, 0.05) is 55.5 Å². The van der Waals surface area contributed by atoms with E-state index >= 15 is 0 Å². The van der Waals surface area contributed by atoms with Crippen LogP contribution in [0.15, 0.2) is 95.1 Å². The van der Waals surface area contributed by atoms with E-state index in [9.17, 15) is 29.9 Å². The first-order chi connectivity index (χ1) is 24.3. The fourth-order valence-corrected chi connectivity index (χ4v) is 6.23. The molecule has 1 heterocycles. The lowest BCUT2D eigenvalue weighted by atomic mass is 9.75. The Labute approximate surface area is 297 Å². The number of methoxy groups -OCH3 is 1. The number of aliphatic hydroxyl groups is 1. The van der Waals surface area contributed by atoms with Gasteiger partial charge in [-0.2, -0.15) is 0 Å². The molecule has 0 spiro atoms. The van der Waals surface area contributed by atoms with Gasteiger partial charge in [0.15, 0.2) is 11.5 Å². The summed E-state index contributed by atoms with van der Waals surface area (Å²) in [4.78, 5) is 44.4. The Kier molecular flexibility index (Phi) is 13.4. The van der Waals surface area contributed by atoms with Crippen LogP contribution >= 0.6 is 0 Å². The van der Waals surface area contributed by atoms with Gasteiger partial charge in [0.05, 0.1) is 29.9 Å². The minimum atomic E-state index is -1.25. The molecule has 3 N–H and O–H groups in total. The van der Waals surface area contributed by atoms with E-state index in [0.29, 0.717) is 35.8 Å². The molecule has 0 saturated carbocycles. The highest BCUT2D eigenvalue weighted by Crippen LogP contribution is 2.41. The Morgan fingerprint density at radius 2 is 1.73 bits per heavy atom. The minimum Gasteiger partial charge on any atom is -0.493 e. The number of nitro benzene ring substituents is 1. The van der Waals surface area contributed by atoms with Crippen LogP contribution in [0.1, 0.15) is 44.7 Å². The lowest BCUT2D eigenvalue weighted by Gasteiger charge is -2.36. The Morgan fingerprint density at radius 1 is 1.04 bits per heavy atom. The zero-order valence-corrected chi connectivity index (χ0v) is 29.6. The number of carbonyl (C=O) groups is 2. The number of aliphatic hydroxyl groups excluding tert-OH is 1. The predicted molar refractivity (Wildman–Crippen MR) is 192 cm³/mol. The van der Waals surface area contributed by atoms with E-state index in [2.05, 4.69) is 10.2 Å². The number of aliphatic imine (C=N–C) groups is 1. The van der Waals surface area contributed by atoms with Crippen LogP contribution in [0.3, 0.4) is 0 Å². The fraction of sp³-hybridized carbons (Fsp3) is 0.395. The standard InChI is InChI=1S/C38H46N4O9/c1-6-50-37(46)35-30(40-25(2)33(36(44)45)34(35)27-15-12-16-28(19-27)42(47)48)22-41(21-26-13-8-7-9-14-26)24-38(3,4)39-20-29(43)23-51-32-18-11-10-17-31(32)49-5/h7-19,29,33-34,39,43H,6,20-24H2,1-5H3,(H,44,45). The quantitative estimate of drug-likeness (QED) is 0.0926. The van der Waals surface area contributed by atoms with E-state index in [1.807, 2.05) is 56.3 Å². The van der Waals surface area contributed by atoms with Crippen molar-refractivity contribution in [3.05, 3.63) is 111 Å². The molecule has 0 amide bonds. The van der Waals surface area contributed by atoms with Crippen molar-refractivity contribution in [2.45, 2.75) is 51.8 Å². The van der Waals surface area contributed by atoms with Gasteiger partial charge in [-0.15, -0.1) is 0 Å². The van der Waals surface area contributed by atoms with Crippen molar-refractivity contribution >= 4 is 23.3 Å². The highest BCUT2D eigenvalue weighted by molar-refractivity contribution is 6.06. The number of nitrogens with one attached hydrogen (secondary N) is 1. The van der Waals surface area contributed by atoms with Gasteiger partial charge < -0.3 is 29.7 Å². The highest BCUT2D eigenvalue weighted by atomic mass is 16.6. The summed E-state index contributed by atoms with van der Waals surface area (Å²) in [6, 6.07) is 22.6. The number of β-amino-alcohol motifs (C(OH)–C–C–N with tert-alkyl or cyclic N) is 1. The van der Waals surface area contributed by atoms with Gasteiger partial charge in [-0.1, -0.05) is 54.6 Å². The van der Waals surface area contributed by atoms with Crippen LogP contribution in [0.5, 0.6) is 11.5 Å². The van der Waals surface area contributed by atoms with Crippen LogP contribution in [-0.2, 0) is 20.9 Å². The van der Waals surface area contributed by atoms with Crippen LogP contribution in [0.2, 0.25) is 0 Å². The first-order valence-corrected chi connectivity index (χ1v) is 16.7. The van der Waals surface area contributed by atoms with Crippen molar-refractivity contribution in [1.29, 1.82) is 0 Å². The summed E-state index contributed by atoms with van der Waals surface area (Å²) in [6.45, 7) is 8.49. The molecule has 3 atom stereocenters. The molecule has 3 aromatic carbocycles. The van der Waals surface area contributed by atoms with E-state index in [1.165, 1.54) is 18.2 Å². The van der Waals surface area contributed by atoms with Crippen LogP contribution in [0.25, 0.3) is 0 Å². The third-order valence-electron chi connectivity index (χ3n) is 8.48. The van der Waals surface area contributed by atoms with E-state index in [-0.39, 0.29) is 43.3 Å². The zero-order chi connectivity index (χ0) is 37.1. The Bertz CT molecular complexity index is 1740. The van der Waals surface area contributed by atoms with E-state index in [4.69, 9.17) is 19.2 Å². The number of ether oxygens (including phenoxy) is 3. The Morgan fingerprint density at radius 3 is 2.37 bits per heavy atom. The van der Waals surface area contributed by atoms with Crippen molar-refractivity contribution in [2.75, 3.05) is 40.0 Å². The topological polar surface area (TPSA) is 173 Å². The maximum atomic E-state index is 13.7. The zero-order valence-electron chi connectivity index (χ0n) is 29.6. The van der Waals surface area contributed by atoms with Gasteiger partial charge >= 0.3 is 11.9 Å². The maximum absolute atomic E-state index is 13.7. The number of esters is 1. The van der Waals surface area contributed by atoms with Crippen molar-refractivity contribution in [3.8, 4) is 11.5 Å². The molecular formula is C38H46N4O9. The predicted octanol–water partition coefficient (Wildman–Crippen LogP) is 4.99. The molecule has 1 aliphatic heterocycles. The molecule has 272 valence electrons. The first-order valence-electron chi connectivity index (χ1n) is 16.7. The van der Waals surface area contributed by atoms with Gasteiger partial charge in [-0.25, -0.2) is 4.79 Å². The van der Waals surface area contributed by atoms with Crippen LogP contribution in [0.4, 0.5) is 5.69 Å². The normalized spacial score (nSPS) is 16.7. The molecule has 1 aliphatic rings. The van der Waals surface area contributed by atoms with E-state index < -0.39 is 40.3 Å². The van der Waals surface area contributed by atoms with Gasteiger partial charge in [0.25, 0.3) is 5.69 Å². The van der Waals surface area contributed by atoms with Crippen LogP contribution < -0.4 is 14.8 Å². The first kappa shape index (κ1) is 38.7. The molecule has 3 aromatic rings. The molecule has 0 aliphatic carbocycles. The molecule has 4 rings (SSSR count). The number of rotatable bonds is 18. The number of carboxylic acids is 1. The molecule has 0 fully saturated rings. The fourth-order valence-electron chi connectivity index (χ4n) is 6.23. The minimum absolute atomic E-state index is 0.0325. The van der Waals surface area contributed by atoms with Gasteiger partial charge in [-0.3, -0.25) is 24.8 Å². The van der Waals surface area contributed by atoms with Crippen molar-refractivity contribution in [2.24, 2.45) is 10.9 Å². The summed E-state index contributed by atoms with van der Waals surface area (Å²) in [5, 5.41) is 36.3. The number of carbonyl (C=O) groups excluding carboxylic acids is 1. The van der Waals surface area contributed by atoms with E-state index in [1.54, 1.807) is 39.2 Å². The molecule has 13 heteroatoms. The van der Waals surface area contributed by atoms with Crippen molar-refractivity contribution < 1.29 is 38.9 Å². The number of hydrogen-bond acceptors (Lipinski definition) is 11. The number of nitro groups is 1. The third-order valence-corrected chi connectivity index (χ3v) is 8.48. The smallest absolute Gasteiger partial charge is 0.336 e. The third kappa shape index (κ3) is 10.5. The molecular weight excluding hydrogens is 656 g/mol. The number of hydrogen-bond donors (Lipinski definition) is 3. The summed E-state index contributed by atoms with van der Waals surface area (Å²) in [5.41, 5.74) is 1.11. The summed E-state index contributed by atoms with van der Waals surface area (Å²) in [5.74, 6) is -3.20. The molecule has 0 radical (unpaired) electrons. The highest BCUT2D eigenvalue weighted by Gasteiger charge is 2.43. The second-order valence-electron chi connectivity index (χ2n) is 13.0. The lowest BCUT2D eigenvalue weighted by Crippen LogP contribution is -2.52. The number of nitrogens with zero attached hydrogens (tertiary/aromatic N) is 3. The monoisotopic (exact) mass is 702 g/mol. The molecule has 0 bridgehead atoms. The van der Waals surface area contributed by atoms with Gasteiger partial charge in [0.2, 0.25) is 0 Å². The Balaban J connectivity index is 1.66. The van der Waals surface area contributed by atoms with Gasteiger partial charge in [0.1, 0.15) is 18.6 Å². The summed E-state index contributed by atoms with van der Waals surface area (Å²) >= 11 is 0. The van der Waals surface area contributed by atoms with Gasteiger partial charge in [-0.05, 0) is 51.0 Å². The number of carboxylic acid groups (broad SMARTS) is 1. The molecule has 51 heavy (non-hydrogen) atoms. The summed E-state index contributed by atoms with van der Waals surface area (Å²) in [7, 11) is 1.55. The SMILES string of the molecule is CCOC(=O)C1=C(CN(Cc2ccccc2)CC(C)(C)NCC(O)COc2ccccc2OC)N=C(C)C(C(=O)O)C1c1cccc([N+](=O)[O-])c1. The average molecular weight is 703 g/mol. The van der Waals surface area contributed by atoms with Crippen molar-refractivity contribution in [3.63, 3.8) is 0 Å². The van der Waals surface area contributed by atoms with Crippen molar-refractivity contribution in [1.82, 2.24) is 10.2 Å². The van der Waals surface area contributed by atoms with Crippen LogP contribution in [0, 0.1) is 16.0 Å². The number of aliphatic carboxylic acids is 1. The number of benzene rings is 3. The number of non-ortho nitro benzene ring substituents is 1. The second kappa shape index (κ2) is 17.7.